The number of aromatic nitrogens is 1. The molecule has 2 aromatic rings. The number of ether oxygens (including phenoxy) is 1. The van der Waals surface area contributed by atoms with E-state index in [4.69, 9.17) is 4.74 Å². The normalized spacial score (nSPS) is 16.9. The van der Waals surface area contributed by atoms with Crippen molar-refractivity contribution in [1.29, 1.82) is 0 Å². The number of nitrogens with one attached hydrogen (secondary N) is 1. The minimum Gasteiger partial charge on any atom is -0.487 e. The van der Waals surface area contributed by atoms with E-state index in [0.717, 1.165) is 24.4 Å². The zero-order valence-corrected chi connectivity index (χ0v) is 11.8. The summed E-state index contributed by atoms with van der Waals surface area (Å²) in [5.41, 5.74) is 3.80. The van der Waals surface area contributed by atoms with Crippen LogP contribution in [0, 0.1) is 0 Å². The van der Waals surface area contributed by atoms with Crippen LogP contribution in [0.5, 0.6) is 5.75 Å². The molecule has 0 saturated heterocycles. The van der Waals surface area contributed by atoms with E-state index in [1.807, 2.05) is 18.2 Å². The molecule has 0 amide bonds. The number of nitrogens with zero attached hydrogens (tertiary/aromatic N) is 1. The number of fused-ring (bicyclic) bond motifs is 1. The Labute approximate surface area is 120 Å². The van der Waals surface area contributed by atoms with Crippen molar-refractivity contribution in [1.82, 2.24) is 10.3 Å². The fraction of sp³-hybridized carbons (Fsp3) is 0.353. The summed E-state index contributed by atoms with van der Waals surface area (Å²) in [6.07, 6.45) is 4.11. The molecule has 3 heteroatoms. The second kappa shape index (κ2) is 6.06. The van der Waals surface area contributed by atoms with Gasteiger partial charge in [0.15, 0.2) is 0 Å². The van der Waals surface area contributed by atoms with Crippen molar-refractivity contribution >= 4 is 0 Å². The molecule has 1 atom stereocenters. The molecular weight excluding hydrogens is 248 g/mol. The maximum atomic E-state index is 5.83. The molecule has 1 aliphatic carbocycles. The first-order valence-electron chi connectivity index (χ1n) is 7.25. The van der Waals surface area contributed by atoms with Crippen LogP contribution in [0.1, 0.15) is 36.2 Å². The van der Waals surface area contributed by atoms with Crippen molar-refractivity contribution in [3.8, 4) is 5.75 Å². The van der Waals surface area contributed by atoms with E-state index in [1.165, 1.54) is 17.5 Å². The Balaban J connectivity index is 1.68. The van der Waals surface area contributed by atoms with Crippen molar-refractivity contribution < 1.29 is 4.74 Å². The first-order valence-corrected chi connectivity index (χ1v) is 7.25. The van der Waals surface area contributed by atoms with Gasteiger partial charge in [-0.15, -0.1) is 0 Å². The molecule has 0 aliphatic heterocycles. The summed E-state index contributed by atoms with van der Waals surface area (Å²) < 4.78 is 5.83. The Kier molecular flexibility index (Phi) is 3.97. The van der Waals surface area contributed by atoms with E-state index in [2.05, 4.69) is 35.4 Å². The molecule has 1 aromatic heterocycles. The molecule has 0 fully saturated rings. The highest BCUT2D eigenvalue weighted by Gasteiger charge is 2.21. The van der Waals surface area contributed by atoms with Gasteiger partial charge in [0, 0.05) is 12.2 Å². The van der Waals surface area contributed by atoms with Crippen molar-refractivity contribution in [2.24, 2.45) is 0 Å². The predicted octanol–water partition coefficient (Wildman–Crippen LogP) is 3.26. The average Bonchev–Trinajstić information content (AvgIpc) is 2.89. The van der Waals surface area contributed by atoms with Crippen molar-refractivity contribution in [3.63, 3.8) is 0 Å². The van der Waals surface area contributed by atoms with Crippen LogP contribution in [0.15, 0.2) is 42.6 Å². The molecule has 3 nitrogen and oxygen atoms in total. The molecule has 1 aliphatic rings. The molecule has 1 N–H and O–H groups in total. The van der Waals surface area contributed by atoms with Crippen LogP contribution in [-0.2, 0) is 13.0 Å². The summed E-state index contributed by atoms with van der Waals surface area (Å²) in [6.45, 7) is 3.70. The minimum atomic E-state index is 0.514. The zero-order chi connectivity index (χ0) is 13.8. The zero-order valence-electron chi connectivity index (χ0n) is 11.8. The number of rotatable bonds is 5. The summed E-state index contributed by atoms with van der Waals surface area (Å²) in [7, 11) is 0. The van der Waals surface area contributed by atoms with Crippen molar-refractivity contribution in [2.75, 3.05) is 6.54 Å². The van der Waals surface area contributed by atoms with Gasteiger partial charge in [-0.05, 0) is 54.8 Å². The largest absolute Gasteiger partial charge is 0.487 e. The lowest BCUT2D eigenvalue weighted by Crippen LogP contribution is -2.18. The second-order valence-electron chi connectivity index (χ2n) is 5.12. The van der Waals surface area contributed by atoms with Gasteiger partial charge in [-0.2, -0.15) is 0 Å². The van der Waals surface area contributed by atoms with Crippen molar-refractivity contribution in [3.05, 3.63) is 59.4 Å². The second-order valence-corrected chi connectivity index (χ2v) is 5.12. The Bertz CT molecular complexity index is 568. The number of benzene rings is 1. The van der Waals surface area contributed by atoms with Gasteiger partial charge < -0.3 is 10.1 Å². The maximum Gasteiger partial charge on any atom is 0.130 e. The summed E-state index contributed by atoms with van der Waals surface area (Å²) in [5, 5.41) is 3.53. The van der Waals surface area contributed by atoms with E-state index in [0.29, 0.717) is 12.6 Å². The van der Waals surface area contributed by atoms with E-state index in [9.17, 15) is 0 Å². The molecule has 3 rings (SSSR count). The van der Waals surface area contributed by atoms with Crippen LogP contribution in [0.4, 0.5) is 0 Å². The average molecular weight is 268 g/mol. The highest BCUT2D eigenvalue weighted by Crippen LogP contribution is 2.33. The van der Waals surface area contributed by atoms with Crippen LogP contribution in [-0.4, -0.2) is 11.5 Å². The SMILES string of the molecule is CCNC1CCc2cc(OCc3ccccn3)ccc21. The molecule has 104 valence electrons. The molecular formula is C17H20N2O. The smallest absolute Gasteiger partial charge is 0.130 e. The summed E-state index contributed by atoms with van der Waals surface area (Å²) in [5.74, 6) is 0.937. The van der Waals surface area contributed by atoms with Gasteiger partial charge in [-0.25, -0.2) is 0 Å². The van der Waals surface area contributed by atoms with Gasteiger partial charge in [-0.3, -0.25) is 4.98 Å². The van der Waals surface area contributed by atoms with E-state index < -0.39 is 0 Å². The summed E-state index contributed by atoms with van der Waals surface area (Å²) >= 11 is 0. The molecule has 1 unspecified atom stereocenters. The molecule has 1 heterocycles. The Morgan fingerprint density at radius 3 is 3.05 bits per heavy atom. The highest BCUT2D eigenvalue weighted by molar-refractivity contribution is 5.40. The number of hydrogen-bond acceptors (Lipinski definition) is 3. The first kappa shape index (κ1) is 13.1. The third-order valence-corrected chi connectivity index (χ3v) is 3.76. The van der Waals surface area contributed by atoms with Gasteiger partial charge in [0.25, 0.3) is 0 Å². The highest BCUT2D eigenvalue weighted by atomic mass is 16.5. The third-order valence-electron chi connectivity index (χ3n) is 3.76. The van der Waals surface area contributed by atoms with Crippen molar-refractivity contribution in [2.45, 2.75) is 32.4 Å². The monoisotopic (exact) mass is 268 g/mol. The van der Waals surface area contributed by atoms with E-state index in [-0.39, 0.29) is 0 Å². The van der Waals surface area contributed by atoms with Crippen LogP contribution < -0.4 is 10.1 Å². The van der Waals surface area contributed by atoms with Crippen LogP contribution in [0.2, 0.25) is 0 Å². The molecule has 1 aromatic carbocycles. The van der Waals surface area contributed by atoms with Crippen LogP contribution in [0.3, 0.4) is 0 Å². The van der Waals surface area contributed by atoms with Gasteiger partial charge in [0.1, 0.15) is 12.4 Å². The van der Waals surface area contributed by atoms with Gasteiger partial charge in [-0.1, -0.05) is 19.1 Å². The van der Waals surface area contributed by atoms with Gasteiger partial charge in [0.05, 0.1) is 5.69 Å². The van der Waals surface area contributed by atoms with Gasteiger partial charge in [0.2, 0.25) is 0 Å². The first-order chi connectivity index (χ1) is 9.86. The molecule has 20 heavy (non-hydrogen) atoms. The summed E-state index contributed by atoms with van der Waals surface area (Å²) in [4.78, 5) is 4.27. The van der Waals surface area contributed by atoms with Crippen LogP contribution >= 0.6 is 0 Å². The predicted molar refractivity (Wildman–Crippen MR) is 79.7 cm³/mol. The Hall–Kier alpha value is -1.87. The summed E-state index contributed by atoms with van der Waals surface area (Å²) in [6, 6.07) is 12.8. The van der Waals surface area contributed by atoms with Gasteiger partial charge >= 0.3 is 0 Å². The fourth-order valence-electron chi connectivity index (χ4n) is 2.78. The van der Waals surface area contributed by atoms with E-state index >= 15 is 0 Å². The minimum absolute atomic E-state index is 0.514. The Morgan fingerprint density at radius 2 is 2.25 bits per heavy atom. The third kappa shape index (κ3) is 2.83. The number of aryl methyl sites for hydroxylation is 1. The standard InChI is InChI=1S/C17H20N2O/c1-2-18-17-9-6-13-11-15(7-8-16(13)17)20-12-14-5-3-4-10-19-14/h3-5,7-8,10-11,17-18H,2,6,9,12H2,1H3. The lowest BCUT2D eigenvalue weighted by molar-refractivity contribution is 0.301. The molecule has 0 spiro atoms. The fourth-order valence-corrected chi connectivity index (χ4v) is 2.78. The van der Waals surface area contributed by atoms with Crippen LogP contribution in [0.25, 0.3) is 0 Å². The number of pyridine rings is 1. The molecule has 0 radical (unpaired) electrons. The lowest BCUT2D eigenvalue weighted by atomic mass is 10.1. The molecule has 0 bridgehead atoms. The van der Waals surface area contributed by atoms with E-state index in [1.54, 1.807) is 6.20 Å². The number of hydrogen-bond donors (Lipinski definition) is 1. The Morgan fingerprint density at radius 1 is 1.30 bits per heavy atom. The molecule has 0 saturated carbocycles. The maximum absolute atomic E-state index is 5.83. The quantitative estimate of drug-likeness (QED) is 0.903. The lowest BCUT2D eigenvalue weighted by Gasteiger charge is -2.13. The topological polar surface area (TPSA) is 34.1 Å².